The van der Waals surface area contributed by atoms with Crippen molar-refractivity contribution in [1.82, 2.24) is 9.97 Å². The first-order valence-corrected chi connectivity index (χ1v) is 8.82. The van der Waals surface area contributed by atoms with Crippen LogP contribution in [0.25, 0.3) is 10.9 Å². The van der Waals surface area contributed by atoms with Gasteiger partial charge in [-0.1, -0.05) is 13.0 Å². The second-order valence-electron chi connectivity index (χ2n) is 6.49. The smallest absolute Gasteiger partial charge is 0.145 e. The molecule has 0 aliphatic carbocycles. The lowest BCUT2D eigenvalue weighted by Crippen LogP contribution is -2.25. The summed E-state index contributed by atoms with van der Waals surface area (Å²) in [5, 5.41) is 13.4. The molecule has 0 fully saturated rings. The number of pyridine rings is 2. The molecule has 4 rings (SSSR count). The summed E-state index contributed by atoms with van der Waals surface area (Å²) in [6, 6.07) is 11.3. The average Bonchev–Trinajstić information content (AvgIpc) is 2.71. The topological polar surface area (TPSA) is 109 Å². The van der Waals surface area contributed by atoms with Crippen LogP contribution in [0, 0.1) is 17.2 Å². The van der Waals surface area contributed by atoms with Crippen molar-refractivity contribution in [3.8, 4) is 11.8 Å². The van der Waals surface area contributed by atoms with Gasteiger partial charge in [-0.3, -0.25) is 9.98 Å². The lowest BCUT2D eigenvalue weighted by atomic mass is 10.0. The second-order valence-corrected chi connectivity index (χ2v) is 6.49. The Hall–Kier alpha value is -3.92. The van der Waals surface area contributed by atoms with Crippen molar-refractivity contribution in [3.63, 3.8) is 0 Å². The SMILES string of the molecule is CC1C=NC=CC1Oc1cc2ncc(C#N)c(Nc3ccccn3)c2cc1N. The number of ether oxygens (including phenoxy) is 1. The maximum Gasteiger partial charge on any atom is 0.145 e. The Bertz CT molecular complexity index is 1120. The highest BCUT2D eigenvalue weighted by molar-refractivity contribution is 5.98. The Morgan fingerprint density at radius 1 is 1.25 bits per heavy atom. The maximum atomic E-state index is 9.50. The van der Waals surface area contributed by atoms with Crippen molar-refractivity contribution in [2.45, 2.75) is 13.0 Å². The molecule has 7 nitrogen and oxygen atoms in total. The first kappa shape index (κ1) is 17.5. The lowest BCUT2D eigenvalue weighted by Gasteiger charge is -2.22. The molecule has 3 N–H and O–H groups in total. The van der Waals surface area contributed by atoms with Gasteiger partial charge in [0.1, 0.15) is 23.7 Å². The fraction of sp³-hybridized carbons (Fsp3) is 0.143. The van der Waals surface area contributed by atoms with E-state index in [1.165, 1.54) is 6.20 Å². The molecule has 0 saturated heterocycles. The molecule has 138 valence electrons. The van der Waals surface area contributed by atoms with Gasteiger partial charge in [-0.15, -0.1) is 0 Å². The van der Waals surface area contributed by atoms with E-state index < -0.39 is 0 Å². The molecule has 2 atom stereocenters. The van der Waals surface area contributed by atoms with Crippen LogP contribution in [0.5, 0.6) is 5.75 Å². The van der Waals surface area contributed by atoms with E-state index in [9.17, 15) is 5.26 Å². The van der Waals surface area contributed by atoms with Gasteiger partial charge in [0.25, 0.3) is 0 Å². The minimum absolute atomic E-state index is 0.135. The van der Waals surface area contributed by atoms with E-state index in [2.05, 4.69) is 26.3 Å². The highest BCUT2D eigenvalue weighted by atomic mass is 16.5. The van der Waals surface area contributed by atoms with Crippen LogP contribution in [-0.2, 0) is 0 Å². The van der Waals surface area contributed by atoms with Gasteiger partial charge in [0.2, 0.25) is 0 Å². The van der Waals surface area contributed by atoms with Crippen LogP contribution in [-0.4, -0.2) is 22.3 Å². The molecule has 0 spiro atoms. The third kappa shape index (κ3) is 3.35. The predicted octanol–water partition coefficient (Wildman–Crippen LogP) is 3.81. The molecule has 1 aromatic carbocycles. The van der Waals surface area contributed by atoms with Crippen LogP contribution < -0.4 is 15.8 Å². The first-order valence-electron chi connectivity index (χ1n) is 8.82. The van der Waals surface area contributed by atoms with Gasteiger partial charge in [0.15, 0.2) is 0 Å². The predicted molar refractivity (Wildman–Crippen MR) is 110 cm³/mol. The van der Waals surface area contributed by atoms with E-state index in [1.54, 1.807) is 24.5 Å². The standard InChI is InChI=1S/C21H18N6O/c1-13-11-24-7-5-18(13)28-19-9-17-15(8-16(19)23)21(14(10-22)12-26-17)27-20-4-2-3-6-25-20/h2-9,11-13,18H,23H2,1H3,(H,25,26,27). The molecule has 1 aliphatic rings. The molecule has 1 aliphatic heterocycles. The Labute approximate surface area is 162 Å². The number of fused-ring (bicyclic) bond motifs is 1. The largest absolute Gasteiger partial charge is 0.483 e. The van der Waals surface area contributed by atoms with E-state index in [0.29, 0.717) is 34.0 Å². The minimum Gasteiger partial charge on any atom is -0.483 e. The molecule has 2 aromatic heterocycles. The fourth-order valence-electron chi connectivity index (χ4n) is 3.00. The van der Waals surface area contributed by atoms with Crippen molar-refractivity contribution in [1.29, 1.82) is 5.26 Å². The van der Waals surface area contributed by atoms with Crippen LogP contribution in [0.1, 0.15) is 12.5 Å². The summed E-state index contributed by atoms with van der Waals surface area (Å²) in [6.45, 7) is 2.03. The first-order chi connectivity index (χ1) is 13.7. The quantitative estimate of drug-likeness (QED) is 0.676. The Morgan fingerprint density at radius 2 is 2.14 bits per heavy atom. The van der Waals surface area contributed by atoms with Gasteiger partial charge in [0, 0.05) is 42.2 Å². The number of nitrogen functional groups attached to an aromatic ring is 1. The third-order valence-electron chi connectivity index (χ3n) is 4.50. The van der Waals surface area contributed by atoms with E-state index in [0.717, 1.165) is 5.39 Å². The number of nitrogens with zero attached hydrogens (tertiary/aromatic N) is 4. The summed E-state index contributed by atoms with van der Waals surface area (Å²) in [6.07, 6.45) is 8.52. The number of nitriles is 1. The second kappa shape index (κ2) is 7.37. The lowest BCUT2D eigenvalue weighted by molar-refractivity contribution is 0.221. The average molecular weight is 370 g/mol. The monoisotopic (exact) mass is 370 g/mol. The number of rotatable bonds is 4. The molecule has 0 amide bonds. The van der Waals surface area contributed by atoms with Crippen LogP contribution in [0.15, 0.2) is 60.0 Å². The third-order valence-corrected chi connectivity index (χ3v) is 4.50. The molecule has 0 bridgehead atoms. The Kier molecular flexibility index (Phi) is 4.60. The van der Waals surface area contributed by atoms with Crippen molar-refractivity contribution >= 4 is 34.3 Å². The number of nitrogens with two attached hydrogens (primary N) is 1. The summed E-state index contributed by atoms with van der Waals surface area (Å²) in [4.78, 5) is 12.8. The zero-order chi connectivity index (χ0) is 19.5. The number of aliphatic imine (C=N–C) groups is 1. The summed E-state index contributed by atoms with van der Waals surface area (Å²) < 4.78 is 6.08. The highest BCUT2D eigenvalue weighted by Gasteiger charge is 2.19. The maximum absolute atomic E-state index is 9.50. The number of aromatic nitrogens is 2. The van der Waals surface area contributed by atoms with Crippen LogP contribution in [0.2, 0.25) is 0 Å². The molecular formula is C21H18N6O. The van der Waals surface area contributed by atoms with Gasteiger partial charge in [-0.2, -0.15) is 5.26 Å². The fourth-order valence-corrected chi connectivity index (χ4v) is 3.00. The van der Waals surface area contributed by atoms with E-state index in [1.807, 2.05) is 37.4 Å². The van der Waals surface area contributed by atoms with Crippen molar-refractivity contribution in [2.75, 3.05) is 11.1 Å². The number of anilines is 3. The number of hydrogen-bond acceptors (Lipinski definition) is 7. The summed E-state index contributed by atoms with van der Waals surface area (Å²) in [5.74, 6) is 1.31. The van der Waals surface area contributed by atoms with Crippen LogP contribution in [0.3, 0.4) is 0 Å². The number of hydrogen-bond donors (Lipinski definition) is 2. The highest BCUT2D eigenvalue weighted by Crippen LogP contribution is 2.35. The molecule has 3 heterocycles. The van der Waals surface area contributed by atoms with Crippen molar-refractivity contribution < 1.29 is 4.74 Å². The molecule has 3 aromatic rings. The minimum atomic E-state index is -0.151. The van der Waals surface area contributed by atoms with Gasteiger partial charge >= 0.3 is 0 Å². The summed E-state index contributed by atoms with van der Waals surface area (Å²) in [5.41, 5.74) is 8.43. The Balaban J connectivity index is 1.75. The number of nitrogens with one attached hydrogen (secondary N) is 1. The zero-order valence-electron chi connectivity index (χ0n) is 15.2. The van der Waals surface area contributed by atoms with Crippen molar-refractivity contribution in [2.24, 2.45) is 10.9 Å². The van der Waals surface area contributed by atoms with Crippen LogP contribution in [0.4, 0.5) is 17.2 Å². The van der Waals surface area contributed by atoms with Gasteiger partial charge in [-0.05, 0) is 24.3 Å². The van der Waals surface area contributed by atoms with Crippen molar-refractivity contribution in [3.05, 3.63) is 60.6 Å². The number of benzene rings is 1. The molecule has 0 saturated carbocycles. The van der Waals surface area contributed by atoms with E-state index >= 15 is 0 Å². The molecule has 28 heavy (non-hydrogen) atoms. The summed E-state index contributed by atoms with van der Waals surface area (Å²) in [7, 11) is 0. The van der Waals surface area contributed by atoms with E-state index in [-0.39, 0.29) is 12.0 Å². The zero-order valence-corrected chi connectivity index (χ0v) is 15.2. The molecule has 0 radical (unpaired) electrons. The molecule has 2 unspecified atom stereocenters. The van der Waals surface area contributed by atoms with Gasteiger partial charge in [-0.25, -0.2) is 4.98 Å². The van der Waals surface area contributed by atoms with Gasteiger partial charge in [0.05, 0.1) is 22.5 Å². The van der Waals surface area contributed by atoms with Gasteiger partial charge < -0.3 is 15.8 Å². The molecular weight excluding hydrogens is 352 g/mol. The summed E-state index contributed by atoms with van der Waals surface area (Å²) >= 11 is 0. The Morgan fingerprint density at radius 3 is 2.89 bits per heavy atom. The normalized spacial score (nSPS) is 18.0. The van der Waals surface area contributed by atoms with Crippen LogP contribution >= 0.6 is 0 Å². The van der Waals surface area contributed by atoms with E-state index in [4.69, 9.17) is 10.5 Å². The molecule has 7 heteroatoms.